The van der Waals surface area contributed by atoms with Crippen LogP contribution >= 0.6 is 12.2 Å². The average Bonchev–Trinajstić information content (AvgIpc) is 2.49. The highest BCUT2D eigenvalue weighted by Crippen LogP contribution is 2.25. The minimum absolute atomic E-state index is 0.119. The van der Waals surface area contributed by atoms with E-state index in [0.29, 0.717) is 16.2 Å². The number of nitrogen functional groups attached to an aromatic ring is 1. The van der Waals surface area contributed by atoms with Crippen LogP contribution < -0.4 is 5.84 Å². The van der Waals surface area contributed by atoms with Crippen molar-refractivity contribution in [3.8, 4) is 17.1 Å². The Balaban J connectivity index is 2.66. The number of aromatic hydroxyl groups is 1. The van der Waals surface area contributed by atoms with E-state index >= 15 is 0 Å². The van der Waals surface area contributed by atoms with Gasteiger partial charge in [0.05, 0.1) is 5.56 Å². The van der Waals surface area contributed by atoms with Gasteiger partial charge in [-0.05, 0) is 24.4 Å². The van der Waals surface area contributed by atoms with Crippen molar-refractivity contribution < 1.29 is 5.11 Å². The van der Waals surface area contributed by atoms with Gasteiger partial charge in [0, 0.05) is 0 Å². The Bertz CT molecular complexity index is 516. The summed E-state index contributed by atoms with van der Waals surface area (Å²) in [5, 5.41) is 16.0. The molecule has 0 aliphatic carbocycles. The average molecular weight is 208 g/mol. The molecule has 0 radical (unpaired) electrons. The Labute approximate surface area is 84.8 Å². The molecular weight excluding hydrogens is 200 g/mol. The monoisotopic (exact) mass is 208 g/mol. The van der Waals surface area contributed by atoms with Crippen LogP contribution in [0.1, 0.15) is 0 Å². The molecule has 2 aromatic rings. The summed E-state index contributed by atoms with van der Waals surface area (Å²) in [5.74, 6) is 6.14. The van der Waals surface area contributed by atoms with Crippen LogP contribution in [0.15, 0.2) is 24.3 Å². The van der Waals surface area contributed by atoms with Gasteiger partial charge in [0.15, 0.2) is 5.82 Å². The fourth-order valence-electron chi connectivity index (χ4n) is 1.16. The van der Waals surface area contributed by atoms with Crippen molar-refractivity contribution in [2.24, 2.45) is 0 Å². The van der Waals surface area contributed by atoms with Crippen LogP contribution in [-0.4, -0.2) is 20.0 Å². The second-order valence-electron chi connectivity index (χ2n) is 2.74. The van der Waals surface area contributed by atoms with E-state index in [-0.39, 0.29) is 5.75 Å². The lowest BCUT2D eigenvalue weighted by molar-refractivity contribution is 0.476. The topological polar surface area (TPSA) is 79.9 Å². The fourth-order valence-corrected chi connectivity index (χ4v) is 1.29. The first-order valence-electron chi connectivity index (χ1n) is 3.91. The van der Waals surface area contributed by atoms with Crippen molar-refractivity contribution in [1.82, 2.24) is 14.9 Å². The zero-order chi connectivity index (χ0) is 10.1. The maximum atomic E-state index is 9.54. The first kappa shape index (κ1) is 8.76. The first-order chi connectivity index (χ1) is 6.70. The molecule has 0 aliphatic heterocycles. The van der Waals surface area contributed by atoms with Gasteiger partial charge in [0.2, 0.25) is 4.77 Å². The van der Waals surface area contributed by atoms with Gasteiger partial charge in [-0.3, -0.25) is 0 Å². The zero-order valence-corrected chi connectivity index (χ0v) is 7.95. The third kappa shape index (κ3) is 1.25. The lowest BCUT2D eigenvalue weighted by atomic mass is 10.2. The minimum Gasteiger partial charge on any atom is -0.507 e. The normalized spacial score (nSPS) is 10.3. The van der Waals surface area contributed by atoms with Crippen LogP contribution in [0.5, 0.6) is 5.75 Å². The molecule has 0 amide bonds. The molecule has 0 saturated heterocycles. The maximum Gasteiger partial charge on any atom is 0.214 e. The molecule has 1 heterocycles. The van der Waals surface area contributed by atoms with Crippen LogP contribution in [0.2, 0.25) is 0 Å². The molecule has 0 fully saturated rings. The van der Waals surface area contributed by atoms with Gasteiger partial charge in [-0.25, -0.2) is 9.77 Å². The summed E-state index contributed by atoms with van der Waals surface area (Å²) in [7, 11) is 0. The molecule has 1 aromatic heterocycles. The zero-order valence-electron chi connectivity index (χ0n) is 7.14. The predicted molar refractivity (Wildman–Crippen MR) is 54.7 cm³/mol. The van der Waals surface area contributed by atoms with E-state index < -0.39 is 0 Å². The van der Waals surface area contributed by atoms with Gasteiger partial charge < -0.3 is 10.9 Å². The number of nitrogens with zero attached hydrogens (tertiary/aromatic N) is 2. The number of phenolic OH excluding ortho intramolecular Hbond substituents is 1. The van der Waals surface area contributed by atoms with E-state index in [4.69, 9.17) is 18.1 Å². The van der Waals surface area contributed by atoms with Crippen molar-refractivity contribution in [1.29, 1.82) is 0 Å². The van der Waals surface area contributed by atoms with E-state index in [1.54, 1.807) is 24.3 Å². The molecule has 0 unspecified atom stereocenters. The van der Waals surface area contributed by atoms with Crippen LogP contribution in [0, 0.1) is 4.77 Å². The summed E-state index contributed by atoms with van der Waals surface area (Å²) < 4.78 is 1.52. The van der Waals surface area contributed by atoms with Crippen LogP contribution in [-0.2, 0) is 0 Å². The molecule has 1 aromatic carbocycles. The number of benzene rings is 1. The number of aromatic amines is 1. The number of hydrogen-bond donors (Lipinski definition) is 3. The van der Waals surface area contributed by atoms with Crippen LogP contribution in [0.25, 0.3) is 11.4 Å². The SMILES string of the molecule is Nn1c(-c2ccccc2O)n[nH]c1=S. The van der Waals surface area contributed by atoms with Crippen molar-refractivity contribution in [3.63, 3.8) is 0 Å². The molecular formula is C8H8N4OS. The van der Waals surface area contributed by atoms with Crippen molar-refractivity contribution in [3.05, 3.63) is 29.0 Å². The molecule has 72 valence electrons. The second kappa shape index (κ2) is 3.15. The van der Waals surface area contributed by atoms with Crippen LogP contribution in [0.4, 0.5) is 0 Å². The Kier molecular flexibility index (Phi) is 1.97. The van der Waals surface area contributed by atoms with E-state index in [9.17, 15) is 5.11 Å². The maximum absolute atomic E-state index is 9.54. The van der Waals surface area contributed by atoms with Gasteiger partial charge in [-0.15, -0.1) is 0 Å². The molecule has 5 nitrogen and oxygen atoms in total. The standard InChI is InChI=1S/C8H8N4OS/c9-12-7(10-11-8(12)14)5-3-1-2-4-6(5)13/h1-4,13H,9H2,(H,11,14). The lowest BCUT2D eigenvalue weighted by Crippen LogP contribution is -2.09. The highest BCUT2D eigenvalue weighted by molar-refractivity contribution is 7.71. The number of H-pyrrole nitrogens is 1. The van der Waals surface area contributed by atoms with Crippen molar-refractivity contribution in [2.75, 3.05) is 5.84 Å². The summed E-state index contributed by atoms with van der Waals surface area (Å²) in [6, 6.07) is 6.78. The summed E-state index contributed by atoms with van der Waals surface area (Å²) in [5.41, 5.74) is 0.544. The first-order valence-corrected chi connectivity index (χ1v) is 4.32. The van der Waals surface area contributed by atoms with E-state index in [2.05, 4.69) is 10.2 Å². The highest BCUT2D eigenvalue weighted by atomic mass is 32.1. The molecule has 0 bridgehead atoms. The predicted octanol–water partition coefficient (Wildman–Crippen LogP) is 1.03. The molecule has 0 spiro atoms. The quantitative estimate of drug-likeness (QED) is 0.483. The Morgan fingerprint density at radius 3 is 2.71 bits per heavy atom. The highest BCUT2D eigenvalue weighted by Gasteiger charge is 2.09. The molecule has 14 heavy (non-hydrogen) atoms. The number of rotatable bonds is 1. The van der Waals surface area contributed by atoms with Crippen molar-refractivity contribution >= 4 is 12.2 Å². The van der Waals surface area contributed by atoms with E-state index in [1.165, 1.54) is 4.68 Å². The van der Waals surface area contributed by atoms with Gasteiger partial charge in [0.1, 0.15) is 5.75 Å². The largest absolute Gasteiger partial charge is 0.507 e. The molecule has 0 aliphatic rings. The van der Waals surface area contributed by atoms with Gasteiger partial charge in [0.25, 0.3) is 0 Å². The third-order valence-electron chi connectivity index (χ3n) is 1.85. The minimum atomic E-state index is 0.119. The molecule has 2 rings (SSSR count). The second-order valence-corrected chi connectivity index (χ2v) is 3.13. The van der Waals surface area contributed by atoms with E-state index in [1.807, 2.05) is 0 Å². The molecule has 6 heteroatoms. The van der Waals surface area contributed by atoms with Gasteiger partial charge >= 0.3 is 0 Å². The number of para-hydroxylation sites is 1. The number of nitrogens with two attached hydrogens (primary N) is 1. The Morgan fingerprint density at radius 2 is 2.14 bits per heavy atom. The third-order valence-corrected chi connectivity index (χ3v) is 2.14. The fraction of sp³-hybridized carbons (Fsp3) is 0. The van der Waals surface area contributed by atoms with E-state index in [0.717, 1.165) is 0 Å². The summed E-state index contributed by atoms with van der Waals surface area (Å²) >= 11 is 4.86. The summed E-state index contributed by atoms with van der Waals surface area (Å²) in [4.78, 5) is 0. The lowest BCUT2D eigenvalue weighted by Gasteiger charge is -2.01. The van der Waals surface area contributed by atoms with Gasteiger partial charge in [-0.1, -0.05) is 12.1 Å². The number of hydrogen-bond acceptors (Lipinski definition) is 4. The Hall–Kier alpha value is -1.82. The van der Waals surface area contributed by atoms with Crippen LogP contribution in [0.3, 0.4) is 0 Å². The summed E-state index contributed by atoms with van der Waals surface area (Å²) in [6.07, 6.45) is 0. The van der Waals surface area contributed by atoms with Crippen molar-refractivity contribution in [2.45, 2.75) is 0 Å². The molecule has 4 N–H and O–H groups in total. The molecule has 0 atom stereocenters. The Morgan fingerprint density at radius 1 is 1.43 bits per heavy atom. The molecule has 0 saturated carbocycles. The smallest absolute Gasteiger partial charge is 0.214 e. The number of aromatic nitrogens is 3. The van der Waals surface area contributed by atoms with Gasteiger partial charge in [-0.2, -0.15) is 5.10 Å². The number of nitrogens with one attached hydrogen (secondary N) is 1. The summed E-state index contributed by atoms with van der Waals surface area (Å²) in [6.45, 7) is 0. The number of phenols is 1.